The van der Waals surface area contributed by atoms with Gasteiger partial charge >= 0.3 is 0 Å². The van der Waals surface area contributed by atoms with E-state index < -0.39 is 0 Å². The van der Waals surface area contributed by atoms with Crippen LogP contribution in [0.15, 0.2) is 41.8 Å². The Balaban J connectivity index is 1.85. The molecule has 0 spiro atoms. The molecule has 0 saturated heterocycles. The summed E-state index contributed by atoms with van der Waals surface area (Å²) in [5.41, 5.74) is 5.57. The van der Waals surface area contributed by atoms with Gasteiger partial charge in [0, 0.05) is 0 Å². The van der Waals surface area contributed by atoms with Crippen molar-refractivity contribution in [3.63, 3.8) is 0 Å². The Morgan fingerprint density at radius 1 is 1.20 bits per heavy atom. The molecule has 0 aliphatic carbocycles. The Hall–Kier alpha value is -2.34. The van der Waals surface area contributed by atoms with E-state index in [0.717, 1.165) is 5.56 Å². The first-order chi connectivity index (χ1) is 9.69. The fourth-order valence-corrected chi connectivity index (χ4v) is 2.23. The van der Waals surface area contributed by atoms with Gasteiger partial charge in [0.05, 0.1) is 18.4 Å². The average Bonchev–Trinajstić information content (AvgIpc) is 2.99. The number of methoxy groups -OCH3 is 1. The second-order valence-electron chi connectivity index (χ2n) is 4.01. The van der Waals surface area contributed by atoms with Gasteiger partial charge in [0.25, 0.3) is 5.91 Å². The van der Waals surface area contributed by atoms with E-state index in [1.54, 1.807) is 36.8 Å². The van der Waals surface area contributed by atoms with E-state index in [2.05, 4.69) is 10.9 Å². The van der Waals surface area contributed by atoms with Gasteiger partial charge in [0.1, 0.15) is 5.75 Å². The van der Waals surface area contributed by atoms with Crippen LogP contribution in [0.3, 0.4) is 0 Å². The highest BCUT2D eigenvalue weighted by Gasteiger charge is 2.08. The van der Waals surface area contributed by atoms with Gasteiger partial charge in [-0.2, -0.15) is 0 Å². The van der Waals surface area contributed by atoms with Crippen molar-refractivity contribution in [3.05, 3.63) is 52.2 Å². The molecular formula is C14H14N2O3S. The number of hydrogen-bond acceptors (Lipinski definition) is 4. The highest BCUT2D eigenvalue weighted by Crippen LogP contribution is 2.12. The van der Waals surface area contributed by atoms with Crippen LogP contribution in [0.1, 0.15) is 15.2 Å². The van der Waals surface area contributed by atoms with Crippen molar-refractivity contribution in [1.29, 1.82) is 0 Å². The second-order valence-corrected chi connectivity index (χ2v) is 4.96. The zero-order valence-corrected chi connectivity index (χ0v) is 11.7. The Bertz CT molecular complexity index is 596. The monoisotopic (exact) mass is 290 g/mol. The lowest BCUT2D eigenvalue weighted by Crippen LogP contribution is -2.42. The zero-order valence-electron chi connectivity index (χ0n) is 10.9. The van der Waals surface area contributed by atoms with Crippen LogP contribution in [-0.4, -0.2) is 18.9 Å². The van der Waals surface area contributed by atoms with Crippen molar-refractivity contribution < 1.29 is 14.3 Å². The molecule has 5 nitrogen and oxygen atoms in total. The minimum absolute atomic E-state index is 0.169. The summed E-state index contributed by atoms with van der Waals surface area (Å²) in [4.78, 5) is 23.9. The molecule has 2 amide bonds. The molecule has 0 unspecified atom stereocenters. The minimum atomic E-state index is -0.320. The molecule has 0 radical (unpaired) electrons. The number of hydrazine groups is 1. The van der Waals surface area contributed by atoms with E-state index in [-0.39, 0.29) is 18.2 Å². The average molecular weight is 290 g/mol. The van der Waals surface area contributed by atoms with Crippen LogP contribution in [0.4, 0.5) is 0 Å². The Morgan fingerprint density at radius 3 is 2.75 bits per heavy atom. The van der Waals surface area contributed by atoms with Crippen LogP contribution < -0.4 is 15.6 Å². The number of amides is 2. The smallest absolute Gasteiger partial charge is 0.279 e. The molecule has 0 atom stereocenters. The van der Waals surface area contributed by atoms with Crippen LogP contribution in [0.25, 0.3) is 0 Å². The predicted molar refractivity (Wildman–Crippen MR) is 76.6 cm³/mol. The van der Waals surface area contributed by atoms with Crippen molar-refractivity contribution in [2.75, 3.05) is 7.11 Å². The van der Waals surface area contributed by atoms with Crippen LogP contribution in [0.5, 0.6) is 5.75 Å². The van der Waals surface area contributed by atoms with Crippen LogP contribution in [0.2, 0.25) is 0 Å². The molecule has 0 bridgehead atoms. The molecule has 0 saturated carbocycles. The maximum absolute atomic E-state index is 11.7. The Labute approximate surface area is 120 Å². The van der Waals surface area contributed by atoms with Gasteiger partial charge in [-0.3, -0.25) is 20.4 Å². The fraction of sp³-hybridized carbons (Fsp3) is 0.143. The Morgan fingerprint density at radius 2 is 2.05 bits per heavy atom. The van der Waals surface area contributed by atoms with Crippen LogP contribution in [0, 0.1) is 0 Å². The highest BCUT2D eigenvalue weighted by molar-refractivity contribution is 7.12. The summed E-state index contributed by atoms with van der Waals surface area (Å²) in [7, 11) is 1.57. The summed E-state index contributed by atoms with van der Waals surface area (Å²) < 4.78 is 5.08. The molecule has 6 heteroatoms. The highest BCUT2D eigenvalue weighted by atomic mass is 32.1. The summed E-state index contributed by atoms with van der Waals surface area (Å²) in [6, 6.07) is 10.7. The number of hydrogen-bond donors (Lipinski definition) is 2. The number of rotatable bonds is 4. The van der Waals surface area contributed by atoms with E-state index in [4.69, 9.17) is 4.74 Å². The minimum Gasteiger partial charge on any atom is -0.497 e. The van der Waals surface area contributed by atoms with E-state index in [0.29, 0.717) is 10.6 Å². The summed E-state index contributed by atoms with van der Waals surface area (Å²) >= 11 is 1.31. The largest absolute Gasteiger partial charge is 0.497 e. The number of ether oxygens (including phenoxy) is 1. The molecule has 1 aromatic heterocycles. The van der Waals surface area contributed by atoms with Crippen molar-refractivity contribution in [2.45, 2.75) is 6.42 Å². The van der Waals surface area contributed by atoms with E-state index in [1.807, 2.05) is 12.1 Å². The molecule has 2 rings (SSSR count). The lowest BCUT2D eigenvalue weighted by atomic mass is 10.1. The number of nitrogens with one attached hydrogen (secondary N) is 2. The summed E-state index contributed by atoms with van der Waals surface area (Å²) in [6.07, 6.45) is 0.169. The molecule has 104 valence electrons. The summed E-state index contributed by atoms with van der Waals surface area (Å²) in [6.45, 7) is 0. The lowest BCUT2D eigenvalue weighted by molar-refractivity contribution is -0.121. The molecule has 1 heterocycles. The van der Waals surface area contributed by atoms with Gasteiger partial charge in [-0.25, -0.2) is 0 Å². The number of benzene rings is 1. The number of thiophene rings is 1. The second kappa shape index (κ2) is 6.72. The van der Waals surface area contributed by atoms with Gasteiger partial charge in [-0.15, -0.1) is 11.3 Å². The molecular weight excluding hydrogens is 276 g/mol. The quantitative estimate of drug-likeness (QED) is 0.843. The van der Waals surface area contributed by atoms with Crippen molar-refractivity contribution in [2.24, 2.45) is 0 Å². The maximum Gasteiger partial charge on any atom is 0.279 e. The first-order valence-corrected chi connectivity index (χ1v) is 6.82. The van der Waals surface area contributed by atoms with Gasteiger partial charge in [-0.1, -0.05) is 18.2 Å². The van der Waals surface area contributed by atoms with E-state index >= 15 is 0 Å². The molecule has 0 aliphatic heterocycles. The first-order valence-electron chi connectivity index (χ1n) is 5.94. The molecule has 1 aromatic carbocycles. The lowest BCUT2D eigenvalue weighted by Gasteiger charge is -2.07. The van der Waals surface area contributed by atoms with Crippen LogP contribution in [-0.2, 0) is 11.2 Å². The SMILES string of the molecule is COc1cccc(CC(=O)NNC(=O)c2cccs2)c1. The standard InChI is InChI=1S/C14H14N2O3S/c1-19-11-5-2-4-10(8-11)9-13(17)15-16-14(18)12-6-3-7-20-12/h2-8H,9H2,1H3,(H,15,17)(H,16,18). The van der Waals surface area contributed by atoms with E-state index in [1.165, 1.54) is 11.3 Å². The normalized spacial score (nSPS) is 9.85. The van der Waals surface area contributed by atoms with Crippen molar-refractivity contribution >= 4 is 23.2 Å². The topological polar surface area (TPSA) is 67.4 Å². The zero-order chi connectivity index (χ0) is 14.4. The third-order valence-corrected chi connectivity index (χ3v) is 3.43. The third kappa shape index (κ3) is 3.83. The van der Waals surface area contributed by atoms with Crippen molar-refractivity contribution in [3.8, 4) is 5.75 Å². The third-order valence-electron chi connectivity index (χ3n) is 2.56. The fourth-order valence-electron chi connectivity index (χ4n) is 1.61. The molecule has 0 fully saturated rings. The maximum atomic E-state index is 11.7. The molecule has 0 aliphatic rings. The van der Waals surface area contributed by atoms with Gasteiger partial charge in [-0.05, 0) is 29.1 Å². The van der Waals surface area contributed by atoms with Gasteiger partial charge < -0.3 is 4.74 Å². The van der Waals surface area contributed by atoms with E-state index in [9.17, 15) is 9.59 Å². The Kier molecular flexibility index (Phi) is 4.73. The number of carbonyl (C=O) groups excluding carboxylic acids is 2. The predicted octanol–water partition coefficient (Wildman–Crippen LogP) is 1.76. The van der Waals surface area contributed by atoms with Gasteiger partial charge in [0.15, 0.2) is 0 Å². The molecule has 20 heavy (non-hydrogen) atoms. The summed E-state index contributed by atoms with van der Waals surface area (Å²) in [5, 5.41) is 1.80. The molecule has 2 N–H and O–H groups in total. The number of carbonyl (C=O) groups is 2. The first kappa shape index (κ1) is 14.1. The van der Waals surface area contributed by atoms with Crippen molar-refractivity contribution in [1.82, 2.24) is 10.9 Å². The molecule has 2 aromatic rings. The summed E-state index contributed by atoms with van der Waals surface area (Å²) in [5.74, 6) is 0.0834. The van der Waals surface area contributed by atoms with Crippen LogP contribution >= 0.6 is 11.3 Å². The van der Waals surface area contributed by atoms with Gasteiger partial charge in [0.2, 0.25) is 5.91 Å².